The van der Waals surface area contributed by atoms with Crippen molar-refractivity contribution in [1.29, 1.82) is 0 Å². The van der Waals surface area contributed by atoms with Crippen molar-refractivity contribution in [2.24, 2.45) is 0 Å². The summed E-state index contributed by atoms with van der Waals surface area (Å²) in [6.45, 7) is 2.02. The summed E-state index contributed by atoms with van der Waals surface area (Å²) in [6.07, 6.45) is 1.55. The molecule has 1 N–H and O–H groups in total. The molecule has 0 radical (unpaired) electrons. The van der Waals surface area contributed by atoms with Crippen LogP contribution in [-0.4, -0.2) is 20.7 Å². The summed E-state index contributed by atoms with van der Waals surface area (Å²) in [6, 6.07) is 14.2. The first-order chi connectivity index (χ1) is 13.5. The van der Waals surface area contributed by atoms with Gasteiger partial charge in [-0.05, 0) is 35.0 Å². The third-order valence-corrected chi connectivity index (χ3v) is 5.39. The van der Waals surface area contributed by atoms with Crippen LogP contribution in [-0.2, 0) is 0 Å². The highest BCUT2D eigenvalue weighted by Crippen LogP contribution is 2.26. The normalized spacial score (nSPS) is 10.8. The Morgan fingerprint density at radius 1 is 1.18 bits per heavy atom. The van der Waals surface area contributed by atoms with Gasteiger partial charge in [-0.25, -0.2) is 14.1 Å². The van der Waals surface area contributed by atoms with Crippen LogP contribution in [0.5, 0.6) is 0 Å². The maximum Gasteiger partial charge on any atom is 0.279 e. The van der Waals surface area contributed by atoms with Gasteiger partial charge in [-0.3, -0.25) is 10.1 Å². The molecule has 0 bridgehead atoms. The average Bonchev–Trinajstić information content (AvgIpc) is 3.29. The standard InChI is InChI=1S/C20H14BrFN4OS/c1-12-6-8-13(9-7-12)16-11-28-20(23-16)24-19(27)18-14(21)10-26(25-18)17-5-3-2-4-15(17)22/h2-11H,1H3,(H,23,24,27). The summed E-state index contributed by atoms with van der Waals surface area (Å²) in [5.41, 5.74) is 3.35. The number of nitrogens with zero attached hydrogens (tertiary/aromatic N) is 3. The molecule has 4 rings (SSSR count). The van der Waals surface area contributed by atoms with Gasteiger partial charge in [-0.15, -0.1) is 11.3 Å². The average molecular weight is 457 g/mol. The minimum absolute atomic E-state index is 0.148. The van der Waals surface area contributed by atoms with Gasteiger partial charge in [0.05, 0.1) is 10.2 Å². The van der Waals surface area contributed by atoms with Crippen LogP contribution in [0.2, 0.25) is 0 Å². The van der Waals surface area contributed by atoms with Crippen molar-refractivity contribution in [2.45, 2.75) is 6.92 Å². The van der Waals surface area contributed by atoms with Gasteiger partial charge in [0.1, 0.15) is 11.5 Å². The van der Waals surface area contributed by atoms with E-state index in [1.807, 2.05) is 36.6 Å². The number of para-hydroxylation sites is 1. The molecule has 0 aliphatic rings. The van der Waals surface area contributed by atoms with Crippen molar-refractivity contribution in [3.05, 3.63) is 81.7 Å². The fourth-order valence-corrected chi connectivity index (χ4v) is 3.78. The summed E-state index contributed by atoms with van der Waals surface area (Å²) < 4.78 is 15.8. The van der Waals surface area contributed by atoms with E-state index in [2.05, 4.69) is 31.3 Å². The quantitative estimate of drug-likeness (QED) is 0.443. The second kappa shape index (κ2) is 7.65. The van der Waals surface area contributed by atoms with Crippen LogP contribution in [0.15, 0.2) is 64.6 Å². The van der Waals surface area contributed by atoms with E-state index in [-0.39, 0.29) is 11.4 Å². The summed E-state index contributed by atoms with van der Waals surface area (Å²) in [7, 11) is 0. The van der Waals surface area contributed by atoms with Gasteiger partial charge in [0.2, 0.25) is 0 Å². The minimum Gasteiger partial charge on any atom is -0.296 e. The van der Waals surface area contributed by atoms with Gasteiger partial charge in [-0.1, -0.05) is 42.0 Å². The lowest BCUT2D eigenvalue weighted by molar-refractivity contribution is 0.102. The molecule has 1 amide bonds. The summed E-state index contributed by atoms with van der Waals surface area (Å²) >= 11 is 4.65. The monoisotopic (exact) mass is 456 g/mol. The highest BCUT2D eigenvalue weighted by Gasteiger charge is 2.18. The number of hydrogen-bond acceptors (Lipinski definition) is 4. The summed E-state index contributed by atoms with van der Waals surface area (Å²) in [5, 5.41) is 9.30. The summed E-state index contributed by atoms with van der Waals surface area (Å²) in [5.74, 6) is -0.848. The number of thiazole rings is 1. The number of rotatable bonds is 4. The number of anilines is 1. The number of nitrogens with one attached hydrogen (secondary N) is 1. The Kier molecular flexibility index (Phi) is 5.06. The van der Waals surface area contributed by atoms with Crippen molar-refractivity contribution in [2.75, 3.05) is 5.32 Å². The maximum absolute atomic E-state index is 14.0. The topological polar surface area (TPSA) is 59.8 Å². The van der Waals surface area contributed by atoms with Crippen LogP contribution in [0.4, 0.5) is 9.52 Å². The molecule has 0 saturated carbocycles. The largest absolute Gasteiger partial charge is 0.296 e. The second-order valence-electron chi connectivity index (χ2n) is 6.08. The molecule has 0 aliphatic heterocycles. The first-order valence-corrected chi connectivity index (χ1v) is 10.0. The van der Waals surface area contributed by atoms with Gasteiger partial charge < -0.3 is 0 Å². The van der Waals surface area contributed by atoms with E-state index in [1.165, 1.54) is 27.6 Å². The minimum atomic E-state index is -0.424. The van der Waals surface area contributed by atoms with Gasteiger partial charge in [0.15, 0.2) is 10.8 Å². The Morgan fingerprint density at radius 2 is 1.93 bits per heavy atom. The molecular formula is C20H14BrFN4OS. The molecule has 5 nitrogen and oxygen atoms in total. The number of aryl methyl sites for hydroxylation is 1. The second-order valence-corrected chi connectivity index (χ2v) is 7.79. The molecule has 0 fully saturated rings. The van der Waals surface area contributed by atoms with E-state index in [0.29, 0.717) is 9.60 Å². The molecule has 4 aromatic rings. The van der Waals surface area contributed by atoms with Crippen molar-refractivity contribution < 1.29 is 9.18 Å². The molecule has 2 heterocycles. The fraction of sp³-hybridized carbons (Fsp3) is 0.0500. The lowest BCUT2D eigenvalue weighted by Crippen LogP contribution is -2.13. The smallest absolute Gasteiger partial charge is 0.279 e. The van der Waals surface area contributed by atoms with Crippen molar-refractivity contribution in [3.8, 4) is 16.9 Å². The third-order valence-electron chi connectivity index (χ3n) is 4.06. The van der Waals surface area contributed by atoms with E-state index in [0.717, 1.165) is 11.3 Å². The number of hydrogen-bond donors (Lipinski definition) is 1. The van der Waals surface area contributed by atoms with Crippen LogP contribution in [0.3, 0.4) is 0 Å². The lowest BCUT2D eigenvalue weighted by atomic mass is 10.1. The first kappa shape index (κ1) is 18.5. The number of carbonyl (C=O) groups is 1. The zero-order valence-electron chi connectivity index (χ0n) is 14.7. The Balaban J connectivity index is 1.55. The number of amides is 1. The van der Waals surface area contributed by atoms with Crippen LogP contribution in [0, 0.1) is 12.7 Å². The predicted molar refractivity (Wildman–Crippen MR) is 111 cm³/mol. The summed E-state index contributed by atoms with van der Waals surface area (Å²) in [4.78, 5) is 17.1. The number of halogens is 2. The van der Waals surface area contributed by atoms with E-state index in [1.54, 1.807) is 24.4 Å². The van der Waals surface area contributed by atoms with Gasteiger partial charge in [0, 0.05) is 17.1 Å². The Hall–Kier alpha value is -2.84. The highest BCUT2D eigenvalue weighted by atomic mass is 79.9. The lowest BCUT2D eigenvalue weighted by Gasteiger charge is -2.02. The molecule has 0 aliphatic carbocycles. The fourth-order valence-electron chi connectivity index (χ4n) is 2.61. The molecule has 8 heteroatoms. The van der Waals surface area contributed by atoms with Crippen molar-refractivity contribution in [3.63, 3.8) is 0 Å². The van der Waals surface area contributed by atoms with Crippen molar-refractivity contribution in [1.82, 2.24) is 14.8 Å². The molecule has 28 heavy (non-hydrogen) atoms. The highest BCUT2D eigenvalue weighted by molar-refractivity contribution is 9.10. The van der Waals surface area contributed by atoms with Crippen LogP contribution < -0.4 is 5.32 Å². The SMILES string of the molecule is Cc1ccc(-c2csc(NC(=O)c3nn(-c4ccccc4F)cc3Br)n2)cc1. The van der Waals surface area contributed by atoms with E-state index < -0.39 is 11.7 Å². The number of benzene rings is 2. The first-order valence-electron chi connectivity index (χ1n) is 8.35. The van der Waals surface area contributed by atoms with Crippen LogP contribution >= 0.6 is 27.3 Å². The molecule has 0 spiro atoms. The molecule has 0 saturated heterocycles. The van der Waals surface area contributed by atoms with Crippen LogP contribution in [0.25, 0.3) is 16.9 Å². The van der Waals surface area contributed by atoms with Crippen molar-refractivity contribution >= 4 is 38.3 Å². The van der Waals surface area contributed by atoms with Gasteiger partial charge >= 0.3 is 0 Å². The Bertz CT molecular complexity index is 1150. The Morgan fingerprint density at radius 3 is 2.68 bits per heavy atom. The third kappa shape index (κ3) is 3.74. The molecule has 0 unspecified atom stereocenters. The number of aromatic nitrogens is 3. The van der Waals surface area contributed by atoms with Crippen LogP contribution in [0.1, 0.15) is 16.1 Å². The zero-order chi connectivity index (χ0) is 19.7. The van der Waals surface area contributed by atoms with E-state index >= 15 is 0 Å². The molecular weight excluding hydrogens is 443 g/mol. The molecule has 140 valence electrons. The number of carbonyl (C=O) groups excluding carboxylic acids is 1. The van der Waals surface area contributed by atoms with Gasteiger partial charge in [-0.2, -0.15) is 5.10 Å². The molecule has 2 aromatic carbocycles. The van der Waals surface area contributed by atoms with Gasteiger partial charge in [0.25, 0.3) is 5.91 Å². The Labute approximate surface area is 173 Å². The maximum atomic E-state index is 14.0. The molecule has 0 atom stereocenters. The predicted octanol–water partition coefficient (Wildman–Crippen LogP) is 5.46. The van der Waals surface area contributed by atoms with E-state index in [4.69, 9.17) is 0 Å². The molecule has 2 aromatic heterocycles. The van der Waals surface area contributed by atoms with E-state index in [9.17, 15) is 9.18 Å². The zero-order valence-corrected chi connectivity index (χ0v) is 17.1.